The van der Waals surface area contributed by atoms with Crippen molar-refractivity contribution in [3.05, 3.63) is 28.9 Å². The molecular weight excluding hydrogens is 340 g/mol. The summed E-state index contributed by atoms with van der Waals surface area (Å²) >= 11 is 0. The van der Waals surface area contributed by atoms with Gasteiger partial charge in [-0.15, -0.1) is 0 Å². The van der Waals surface area contributed by atoms with Crippen molar-refractivity contribution in [1.29, 1.82) is 0 Å². The zero-order valence-electron chi connectivity index (χ0n) is 16.6. The van der Waals surface area contributed by atoms with Crippen molar-refractivity contribution in [3.8, 4) is 0 Å². The van der Waals surface area contributed by atoms with E-state index < -0.39 is 0 Å². The Hall–Kier alpha value is -2.11. The molecule has 6 heteroatoms. The van der Waals surface area contributed by atoms with Gasteiger partial charge in [-0.25, -0.2) is 4.98 Å². The van der Waals surface area contributed by atoms with Crippen molar-refractivity contribution in [2.45, 2.75) is 71.8 Å². The Morgan fingerprint density at radius 2 is 1.93 bits per heavy atom. The minimum Gasteiger partial charge on any atom is -0.350 e. The topological polar surface area (TPSA) is 76.0 Å². The molecule has 0 unspecified atom stereocenters. The van der Waals surface area contributed by atoms with Gasteiger partial charge in [0.05, 0.1) is 5.69 Å². The van der Waals surface area contributed by atoms with Crippen LogP contribution in [0.5, 0.6) is 0 Å². The fraction of sp³-hybridized carbons (Fsp3) is 0.667. The van der Waals surface area contributed by atoms with Gasteiger partial charge in [-0.05, 0) is 57.3 Å². The maximum absolute atomic E-state index is 12.7. The molecule has 2 aliphatic rings. The first-order valence-corrected chi connectivity index (χ1v) is 10.4. The van der Waals surface area contributed by atoms with Gasteiger partial charge in [0.1, 0.15) is 5.69 Å². The van der Waals surface area contributed by atoms with Crippen LogP contribution in [-0.2, 0) is 13.0 Å². The van der Waals surface area contributed by atoms with Gasteiger partial charge in [-0.1, -0.05) is 25.5 Å². The molecule has 0 radical (unpaired) electrons. The number of hydrogen-bond acceptors (Lipinski definition) is 3. The highest BCUT2D eigenvalue weighted by atomic mass is 16.2. The van der Waals surface area contributed by atoms with Crippen molar-refractivity contribution < 1.29 is 9.59 Å². The predicted octanol–water partition coefficient (Wildman–Crippen LogP) is 3.23. The molecule has 1 aliphatic heterocycles. The number of rotatable bonds is 7. The molecule has 0 atom stereocenters. The predicted molar refractivity (Wildman–Crippen MR) is 106 cm³/mol. The summed E-state index contributed by atoms with van der Waals surface area (Å²) in [5.41, 5.74) is 2.79. The van der Waals surface area contributed by atoms with E-state index in [9.17, 15) is 9.59 Å². The van der Waals surface area contributed by atoms with E-state index in [1.54, 1.807) is 0 Å². The zero-order valence-corrected chi connectivity index (χ0v) is 16.6. The van der Waals surface area contributed by atoms with Crippen LogP contribution < -0.4 is 10.6 Å². The van der Waals surface area contributed by atoms with E-state index in [-0.39, 0.29) is 11.8 Å². The lowest BCUT2D eigenvalue weighted by Crippen LogP contribution is -2.30. The van der Waals surface area contributed by atoms with E-state index in [4.69, 9.17) is 0 Å². The van der Waals surface area contributed by atoms with Crippen molar-refractivity contribution >= 4 is 11.8 Å². The third-order valence-corrected chi connectivity index (χ3v) is 5.32. The number of amides is 2. The molecular formula is C21H32N4O2. The molecule has 0 saturated heterocycles. The Morgan fingerprint density at radius 3 is 2.67 bits per heavy atom. The highest BCUT2D eigenvalue weighted by Gasteiger charge is 2.27. The number of allylic oxidation sites excluding steroid dienone is 1. The molecule has 0 aromatic carbocycles. The second kappa shape index (κ2) is 9.20. The average Bonchev–Trinajstić information content (AvgIpc) is 3.07. The van der Waals surface area contributed by atoms with E-state index in [1.165, 1.54) is 18.4 Å². The van der Waals surface area contributed by atoms with Crippen molar-refractivity contribution in [1.82, 2.24) is 20.2 Å². The van der Waals surface area contributed by atoms with Crippen molar-refractivity contribution in [2.75, 3.05) is 13.1 Å². The van der Waals surface area contributed by atoms with Crippen molar-refractivity contribution in [2.24, 2.45) is 5.92 Å². The monoisotopic (exact) mass is 372 g/mol. The lowest BCUT2D eigenvalue weighted by molar-refractivity contribution is 0.0933. The Morgan fingerprint density at radius 1 is 1.11 bits per heavy atom. The molecule has 3 rings (SSSR count). The number of imidazole rings is 1. The molecule has 2 N–H and O–H groups in total. The molecule has 1 aromatic heterocycles. The summed E-state index contributed by atoms with van der Waals surface area (Å²) in [6, 6.07) is 0. The minimum atomic E-state index is -0.182. The molecule has 1 aliphatic carbocycles. The van der Waals surface area contributed by atoms with Gasteiger partial charge in [0.15, 0.2) is 5.82 Å². The molecule has 2 heterocycles. The van der Waals surface area contributed by atoms with Crippen LogP contribution in [0.15, 0.2) is 11.6 Å². The summed E-state index contributed by atoms with van der Waals surface area (Å²) < 4.78 is 1.94. The molecule has 6 nitrogen and oxygen atoms in total. The van der Waals surface area contributed by atoms with E-state index >= 15 is 0 Å². The molecule has 0 fully saturated rings. The number of hydrogen-bond donors (Lipinski definition) is 2. The summed E-state index contributed by atoms with van der Waals surface area (Å²) in [6.07, 6.45) is 10.9. The number of nitrogens with zero attached hydrogens (tertiary/aromatic N) is 2. The maximum atomic E-state index is 12.7. The SMILES string of the molecule is CC(C)CNC(=O)c1nc(C(=O)NCCC2=CCCCC2)c2n1CCCC2. The minimum absolute atomic E-state index is 0.153. The molecule has 0 bridgehead atoms. The zero-order chi connectivity index (χ0) is 19.2. The Kier molecular flexibility index (Phi) is 6.69. The highest BCUT2D eigenvalue weighted by molar-refractivity contribution is 5.97. The van der Waals surface area contributed by atoms with Crippen molar-refractivity contribution in [3.63, 3.8) is 0 Å². The molecule has 1 aromatic rings. The molecule has 2 amide bonds. The summed E-state index contributed by atoms with van der Waals surface area (Å²) in [4.78, 5) is 29.7. The van der Waals surface area contributed by atoms with Crippen LogP contribution in [0.2, 0.25) is 0 Å². The van der Waals surface area contributed by atoms with Crippen LogP contribution in [0.25, 0.3) is 0 Å². The smallest absolute Gasteiger partial charge is 0.287 e. The lowest BCUT2D eigenvalue weighted by atomic mass is 9.97. The maximum Gasteiger partial charge on any atom is 0.287 e. The standard InChI is InChI=1S/C21H32N4O2/c1-15(2)14-23-21(27)19-24-18(17-10-6-7-13-25(17)19)20(26)22-12-11-16-8-4-3-5-9-16/h8,15H,3-7,9-14H2,1-2H3,(H,22,26)(H,23,27). The summed E-state index contributed by atoms with van der Waals surface area (Å²) in [5, 5.41) is 5.94. The van der Waals surface area contributed by atoms with E-state index in [0.717, 1.165) is 50.8 Å². The average molecular weight is 373 g/mol. The first-order chi connectivity index (χ1) is 13.1. The summed E-state index contributed by atoms with van der Waals surface area (Å²) in [7, 11) is 0. The van der Waals surface area contributed by atoms with Crippen LogP contribution in [0.1, 0.15) is 85.6 Å². The van der Waals surface area contributed by atoms with Gasteiger partial charge >= 0.3 is 0 Å². The van der Waals surface area contributed by atoms with Crippen LogP contribution in [0.4, 0.5) is 0 Å². The van der Waals surface area contributed by atoms with E-state index in [2.05, 4.69) is 35.5 Å². The normalized spacial score (nSPS) is 16.6. The number of nitrogens with one attached hydrogen (secondary N) is 2. The molecule has 0 spiro atoms. The third-order valence-electron chi connectivity index (χ3n) is 5.32. The largest absolute Gasteiger partial charge is 0.350 e. The Balaban J connectivity index is 1.67. The van der Waals surface area contributed by atoms with E-state index in [0.29, 0.717) is 30.5 Å². The van der Waals surface area contributed by atoms with Gasteiger partial charge in [0.2, 0.25) is 0 Å². The Labute approximate surface area is 161 Å². The summed E-state index contributed by atoms with van der Waals surface area (Å²) in [5.74, 6) is 0.422. The molecule has 27 heavy (non-hydrogen) atoms. The van der Waals surface area contributed by atoms with Gasteiger partial charge < -0.3 is 15.2 Å². The van der Waals surface area contributed by atoms with Gasteiger partial charge in [0, 0.05) is 19.6 Å². The van der Waals surface area contributed by atoms with Gasteiger partial charge in [-0.2, -0.15) is 0 Å². The lowest BCUT2D eigenvalue weighted by Gasteiger charge is -2.17. The van der Waals surface area contributed by atoms with Crippen LogP contribution in [-0.4, -0.2) is 34.5 Å². The number of carbonyl (C=O) groups excluding carboxylic acids is 2. The third kappa shape index (κ3) is 4.99. The first kappa shape index (κ1) is 19.6. The second-order valence-corrected chi connectivity index (χ2v) is 8.06. The first-order valence-electron chi connectivity index (χ1n) is 10.4. The van der Waals surface area contributed by atoms with Gasteiger partial charge in [0.25, 0.3) is 11.8 Å². The van der Waals surface area contributed by atoms with Crippen LogP contribution >= 0.6 is 0 Å². The fourth-order valence-corrected chi connectivity index (χ4v) is 3.83. The molecule has 148 valence electrons. The van der Waals surface area contributed by atoms with Crippen LogP contribution in [0.3, 0.4) is 0 Å². The highest BCUT2D eigenvalue weighted by Crippen LogP contribution is 2.22. The van der Waals surface area contributed by atoms with E-state index in [1.807, 2.05) is 4.57 Å². The molecule has 0 saturated carbocycles. The second-order valence-electron chi connectivity index (χ2n) is 8.06. The number of carbonyl (C=O) groups is 2. The Bertz CT molecular complexity index is 718. The fourth-order valence-electron chi connectivity index (χ4n) is 3.83. The number of fused-ring (bicyclic) bond motifs is 1. The summed E-state index contributed by atoms with van der Waals surface area (Å²) in [6.45, 7) is 6.11. The van der Waals surface area contributed by atoms with Gasteiger partial charge in [-0.3, -0.25) is 9.59 Å². The van der Waals surface area contributed by atoms with Crippen LogP contribution in [0, 0.1) is 5.92 Å². The quantitative estimate of drug-likeness (QED) is 0.722. The number of aromatic nitrogens is 2.